The van der Waals surface area contributed by atoms with E-state index in [1.807, 2.05) is 44.2 Å². The van der Waals surface area contributed by atoms with Gasteiger partial charge in [-0.15, -0.1) is 0 Å². The first-order valence-electron chi connectivity index (χ1n) is 10.8. The molecule has 5 nitrogen and oxygen atoms in total. The lowest BCUT2D eigenvalue weighted by Crippen LogP contribution is -2.61. The van der Waals surface area contributed by atoms with E-state index in [0.29, 0.717) is 29.5 Å². The zero-order valence-corrected chi connectivity index (χ0v) is 20.0. The molecule has 1 saturated heterocycles. The van der Waals surface area contributed by atoms with E-state index >= 15 is 0 Å². The number of hydrogen-bond acceptors (Lipinski definition) is 4. The molecule has 0 aliphatic carbocycles. The summed E-state index contributed by atoms with van der Waals surface area (Å²) in [5, 5.41) is 3.10. The SMILES string of the molecule is CC(Cc1cccc(Br)c1F)C1(C[C@@H](C)CC(=O)OCc2ccccc2)COCC(=O)N1. The van der Waals surface area contributed by atoms with Crippen LogP contribution in [0.2, 0.25) is 0 Å². The Bertz CT molecular complexity index is 939. The number of ether oxygens (including phenoxy) is 2. The molecule has 1 amide bonds. The topological polar surface area (TPSA) is 64.6 Å². The van der Waals surface area contributed by atoms with Crippen molar-refractivity contribution in [2.24, 2.45) is 11.8 Å². The summed E-state index contributed by atoms with van der Waals surface area (Å²) >= 11 is 3.23. The maximum Gasteiger partial charge on any atom is 0.306 e. The van der Waals surface area contributed by atoms with Crippen molar-refractivity contribution in [3.8, 4) is 0 Å². The van der Waals surface area contributed by atoms with Crippen LogP contribution in [0.4, 0.5) is 4.39 Å². The highest BCUT2D eigenvalue weighted by Gasteiger charge is 2.42. The summed E-state index contributed by atoms with van der Waals surface area (Å²) in [6, 6.07) is 14.7. The number of amides is 1. The summed E-state index contributed by atoms with van der Waals surface area (Å²) in [6.45, 7) is 4.50. The van der Waals surface area contributed by atoms with E-state index in [4.69, 9.17) is 9.47 Å². The number of carbonyl (C=O) groups is 2. The fourth-order valence-electron chi connectivity index (χ4n) is 4.26. The summed E-state index contributed by atoms with van der Waals surface area (Å²) in [5.41, 5.74) is 0.812. The Morgan fingerprint density at radius 3 is 2.69 bits per heavy atom. The van der Waals surface area contributed by atoms with Gasteiger partial charge in [0.2, 0.25) is 5.91 Å². The highest BCUT2D eigenvalue weighted by atomic mass is 79.9. The summed E-state index contributed by atoms with van der Waals surface area (Å²) in [7, 11) is 0. The van der Waals surface area contributed by atoms with E-state index in [-0.39, 0.29) is 49.2 Å². The molecule has 1 N–H and O–H groups in total. The van der Waals surface area contributed by atoms with Crippen molar-refractivity contribution >= 4 is 27.8 Å². The predicted molar refractivity (Wildman–Crippen MR) is 123 cm³/mol. The number of halogens is 2. The quantitative estimate of drug-likeness (QED) is 0.496. The molecule has 1 heterocycles. The Balaban J connectivity index is 1.65. The first-order chi connectivity index (χ1) is 15.3. The van der Waals surface area contributed by atoms with Crippen molar-refractivity contribution < 1.29 is 23.5 Å². The minimum atomic E-state index is -0.691. The number of benzene rings is 2. The second-order valence-corrected chi connectivity index (χ2v) is 9.53. The van der Waals surface area contributed by atoms with E-state index < -0.39 is 5.54 Å². The van der Waals surface area contributed by atoms with Gasteiger partial charge in [0.15, 0.2) is 0 Å². The molecular weight excluding hydrogens is 477 g/mol. The minimum Gasteiger partial charge on any atom is -0.461 e. The van der Waals surface area contributed by atoms with Crippen molar-refractivity contribution in [2.75, 3.05) is 13.2 Å². The van der Waals surface area contributed by atoms with Crippen molar-refractivity contribution in [3.63, 3.8) is 0 Å². The molecule has 3 atom stereocenters. The van der Waals surface area contributed by atoms with E-state index in [1.165, 1.54) is 0 Å². The van der Waals surface area contributed by atoms with Crippen molar-refractivity contribution in [2.45, 2.75) is 45.3 Å². The van der Waals surface area contributed by atoms with Gasteiger partial charge in [0.1, 0.15) is 19.0 Å². The maximum absolute atomic E-state index is 14.6. The van der Waals surface area contributed by atoms with Crippen LogP contribution in [0.15, 0.2) is 53.0 Å². The van der Waals surface area contributed by atoms with Gasteiger partial charge in [0.05, 0.1) is 16.6 Å². The lowest BCUT2D eigenvalue weighted by Gasteiger charge is -2.44. The zero-order chi connectivity index (χ0) is 23.1. The van der Waals surface area contributed by atoms with Gasteiger partial charge >= 0.3 is 5.97 Å². The van der Waals surface area contributed by atoms with Gasteiger partial charge in [0.25, 0.3) is 0 Å². The zero-order valence-electron chi connectivity index (χ0n) is 18.4. The van der Waals surface area contributed by atoms with Crippen LogP contribution in [0, 0.1) is 17.7 Å². The molecule has 2 aromatic carbocycles. The fraction of sp³-hybridized carbons (Fsp3) is 0.440. The maximum atomic E-state index is 14.6. The van der Waals surface area contributed by atoms with Crippen LogP contribution in [-0.4, -0.2) is 30.6 Å². The van der Waals surface area contributed by atoms with Gasteiger partial charge < -0.3 is 14.8 Å². The molecule has 0 radical (unpaired) electrons. The number of carbonyl (C=O) groups excluding carboxylic acids is 2. The number of rotatable bonds is 9. The largest absolute Gasteiger partial charge is 0.461 e. The Labute approximate surface area is 196 Å². The number of morpholine rings is 1. The Kier molecular flexibility index (Phi) is 8.43. The van der Waals surface area contributed by atoms with Gasteiger partial charge in [-0.05, 0) is 57.8 Å². The predicted octanol–water partition coefficient (Wildman–Crippen LogP) is 4.81. The number of nitrogens with one attached hydrogen (secondary N) is 1. The van der Waals surface area contributed by atoms with E-state index in [2.05, 4.69) is 21.2 Å². The van der Waals surface area contributed by atoms with E-state index in [0.717, 1.165) is 5.56 Å². The third-order valence-corrected chi connectivity index (χ3v) is 6.57. The second-order valence-electron chi connectivity index (χ2n) is 8.67. The first-order valence-corrected chi connectivity index (χ1v) is 11.6. The molecule has 0 saturated carbocycles. The molecule has 1 aliphatic rings. The Hall–Kier alpha value is -2.25. The lowest BCUT2D eigenvalue weighted by molar-refractivity contribution is -0.146. The summed E-state index contributed by atoms with van der Waals surface area (Å²) in [6.07, 6.45) is 1.18. The molecule has 2 unspecified atom stereocenters. The van der Waals surface area contributed by atoms with Gasteiger partial charge in [-0.3, -0.25) is 9.59 Å². The van der Waals surface area contributed by atoms with Crippen LogP contribution in [0.1, 0.15) is 37.8 Å². The monoisotopic (exact) mass is 505 g/mol. The third-order valence-electron chi connectivity index (χ3n) is 5.95. The molecule has 172 valence electrons. The number of hydrogen-bond donors (Lipinski definition) is 1. The standard InChI is InChI=1S/C25H29BrFNO4/c1-17(11-23(30)32-14-19-7-4-3-5-8-19)13-25(16-31-15-22(29)28-25)18(2)12-20-9-6-10-21(26)24(20)27/h3-10,17-18H,11-16H2,1-2H3,(H,28,29)/t17-,18?,25?/m0/s1. The summed E-state index contributed by atoms with van der Waals surface area (Å²) in [5.74, 6) is -0.953. The average molecular weight is 506 g/mol. The van der Waals surface area contributed by atoms with Crippen molar-refractivity contribution in [3.05, 3.63) is 69.9 Å². The molecule has 0 aromatic heterocycles. The lowest BCUT2D eigenvalue weighted by atomic mass is 9.74. The third kappa shape index (κ3) is 6.39. The number of esters is 1. The average Bonchev–Trinajstić information content (AvgIpc) is 2.76. The highest BCUT2D eigenvalue weighted by Crippen LogP contribution is 2.33. The smallest absolute Gasteiger partial charge is 0.306 e. The van der Waals surface area contributed by atoms with Gasteiger partial charge in [0, 0.05) is 6.42 Å². The molecular formula is C25H29BrFNO4. The van der Waals surface area contributed by atoms with Crippen LogP contribution in [-0.2, 0) is 32.1 Å². The van der Waals surface area contributed by atoms with Crippen LogP contribution in [0.3, 0.4) is 0 Å². The van der Waals surface area contributed by atoms with Crippen molar-refractivity contribution in [1.29, 1.82) is 0 Å². The molecule has 7 heteroatoms. The van der Waals surface area contributed by atoms with Crippen LogP contribution in [0.25, 0.3) is 0 Å². The molecule has 0 bridgehead atoms. The molecule has 32 heavy (non-hydrogen) atoms. The first kappa shape index (κ1) is 24.4. The normalized spacial score (nSPS) is 20.3. The van der Waals surface area contributed by atoms with Crippen LogP contribution >= 0.6 is 15.9 Å². The molecule has 2 aromatic rings. The van der Waals surface area contributed by atoms with Crippen LogP contribution < -0.4 is 5.32 Å². The highest BCUT2D eigenvalue weighted by molar-refractivity contribution is 9.10. The van der Waals surface area contributed by atoms with Gasteiger partial charge in [-0.1, -0.05) is 56.3 Å². The van der Waals surface area contributed by atoms with Gasteiger partial charge in [-0.25, -0.2) is 4.39 Å². The molecule has 1 fully saturated rings. The van der Waals surface area contributed by atoms with E-state index in [9.17, 15) is 14.0 Å². The van der Waals surface area contributed by atoms with Gasteiger partial charge in [-0.2, -0.15) is 0 Å². The van der Waals surface area contributed by atoms with Crippen molar-refractivity contribution in [1.82, 2.24) is 5.32 Å². The fourth-order valence-corrected chi connectivity index (χ4v) is 4.67. The molecule has 1 aliphatic heterocycles. The van der Waals surface area contributed by atoms with E-state index in [1.54, 1.807) is 18.2 Å². The molecule has 3 rings (SSSR count). The molecule has 0 spiro atoms. The summed E-state index contributed by atoms with van der Waals surface area (Å²) < 4.78 is 26.0. The summed E-state index contributed by atoms with van der Waals surface area (Å²) in [4.78, 5) is 24.6. The minimum absolute atomic E-state index is 0.00716. The Morgan fingerprint density at radius 2 is 1.97 bits per heavy atom. The Morgan fingerprint density at radius 1 is 1.22 bits per heavy atom. The van der Waals surface area contributed by atoms with Crippen LogP contribution in [0.5, 0.6) is 0 Å². The second kappa shape index (κ2) is 11.1.